The van der Waals surface area contributed by atoms with Gasteiger partial charge >= 0.3 is 0 Å². The van der Waals surface area contributed by atoms with Crippen LogP contribution in [-0.4, -0.2) is 37.5 Å². The van der Waals surface area contributed by atoms with Gasteiger partial charge in [0, 0.05) is 12.6 Å². The second kappa shape index (κ2) is 5.03. The largest absolute Gasteiger partial charge is 0.378 e. The van der Waals surface area contributed by atoms with Crippen LogP contribution in [0.1, 0.15) is 44.9 Å². The third-order valence-electron chi connectivity index (χ3n) is 4.24. The molecule has 3 heteroatoms. The van der Waals surface area contributed by atoms with Gasteiger partial charge in [-0.2, -0.15) is 0 Å². The molecule has 3 saturated heterocycles. The maximum atomic E-state index is 5.83. The molecule has 0 aromatic carbocycles. The average Bonchev–Trinajstić information content (AvgIpc) is 3.01. The standard InChI is InChI=1S/C13H23NO2/c1(3-10-4-2-8-15-10)7-14-12-9-11-5-6-13(12)16-11/h10-14H,1-9H2. The Kier molecular flexibility index (Phi) is 3.46. The van der Waals surface area contributed by atoms with E-state index in [-0.39, 0.29) is 0 Å². The quantitative estimate of drug-likeness (QED) is 0.724. The molecule has 0 amide bonds. The van der Waals surface area contributed by atoms with Gasteiger partial charge in [-0.15, -0.1) is 0 Å². The molecular formula is C13H23NO2. The van der Waals surface area contributed by atoms with Gasteiger partial charge in [0.1, 0.15) is 0 Å². The molecule has 0 spiro atoms. The van der Waals surface area contributed by atoms with E-state index in [2.05, 4.69) is 5.32 Å². The van der Waals surface area contributed by atoms with E-state index in [0.29, 0.717) is 24.4 Å². The highest BCUT2D eigenvalue weighted by atomic mass is 16.5. The molecule has 3 aliphatic rings. The van der Waals surface area contributed by atoms with Crippen molar-refractivity contribution in [3.63, 3.8) is 0 Å². The van der Waals surface area contributed by atoms with Crippen LogP contribution in [0.2, 0.25) is 0 Å². The summed E-state index contributed by atoms with van der Waals surface area (Å²) < 4.78 is 11.5. The smallest absolute Gasteiger partial charge is 0.0733 e. The van der Waals surface area contributed by atoms with Crippen LogP contribution >= 0.6 is 0 Å². The molecule has 0 aromatic rings. The zero-order chi connectivity index (χ0) is 10.8. The number of ether oxygens (including phenoxy) is 2. The molecule has 92 valence electrons. The Hall–Kier alpha value is -0.120. The molecule has 1 N–H and O–H groups in total. The molecule has 3 fully saturated rings. The minimum absolute atomic E-state index is 0.521. The van der Waals surface area contributed by atoms with Gasteiger partial charge in [-0.3, -0.25) is 0 Å². The van der Waals surface area contributed by atoms with Crippen LogP contribution in [0.25, 0.3) is 0 Å². The number of fused-ring (bicyclic) bond motifs is 2. The first kappa shape index (κ1) is 11.0. The van der Waals surface area contributed by atoms with Crippen LogP contribution in [0, 0.1) is 0 Å². The van der Waals surface area contributed by atoms with Crippen molar-refractivity contribution in [1.29, 1.82) is 0 Å². The Balaban J connectivity index is 1.29. The second-order valence-electron chi connectivity index (χ2n) is 5.45. The van der Waals surface area contributed by atoms with E-state index in [9.17, 15) is 0 Å². The molecule has 16 heavy (non-hydrogen) atoms. The molecule has 4 atom stereocenters. The predicted molar refractivity (Wildman–Crippen MR) is 62.5 cm³/mol. The molecule has 0 radical (unpaired) electrons. The van der Waals surface area contributed by atoms with Gasteiger partial charge in [-0.25, -0.2) is 0 Å². The SMILES string of the molecule is C(CNC1CC2CCC1O2)CC1CCCO1. The highest BCUT2D eigenvalue weighted by Crippen LogP contribution is 2.34. The summed E-state index contributed by atoms with van der Waals surface area (Å²) in [4.78, 5) is 0. The second-order valence-corrected chi connectivity index (χ2v) is 5.45. The zero-order valence-corrected chi connectivity index (χ0v) is 9.99. The van der Waals surface area contributed by atoms with E-state index >= 15 is 0 Å². The topological polar surface area (TPSA) is 30.5 Å². The Morgan fingerprint density at radius 2 is 2.19 bits per heavy atom. The maximum Gasteiger partial charge on any atom is 0.0733 e. The third-order valence-corrected chi connectivity index (χ3v) is 4.24. The van der Waals surface area contributed by atoms with Crippen LogP contribution in [0.3, 0.4) is 0 Å². The minimum Gasteiger partial charge on any atom is -0.378 e. The summed E-state index contributed by atoms with van der Waals surface area (Å²) >= 11 is 0. The molecule has 3 rings (SSSR count). The lowest BCUT2D eigenvalue weighted by molar-refractivity contribution is 0.0951. The molecule has 2 bridgehead atoms. The third kappa shape index (κ3) is 2.41. The maximum absolute atomic E-state index is 5.83. The van der Waals surface area contributed by atoms with Gasteiger partial charge in [0.25, 0.3) is 0 Å². The van der Waals surface area contributed by atoms with Crippen LogP contribution < -0.4 is 5.32 Å². The Morgan fingerprint density at radius 3 is 2.88 bits per heavy atom. The van der Waals surface area contributed by atoms with Crippen molar-refractivity contribution < 1.29 is 9.47 Å². The van der Waals surface area contributed by atoms with Gasteiger partial charge in [0.2, 0.25) is 0 Å². The molecular weight excluding hydrogens is 202 g/mol. The van der Waals surface area contributed by atoms with Crippen molar-refractivity contribution in [3.05, 3.63) is 0 Å². The Morgan fingerprint density at radius 1 is 1.19 bits per heavy atom. The summed E-state index contributed by atoms with van der Waals surface area (Å²) in [5, 5.41) is 3.66. The molecule has 0 aliphatic carbocycles. The first-order valence-corrected chi connectivity index (χ1v) is 6.92. The van der Waals surface area contributed by atoms with Crippen LogP contribution in [0.15, 0.2) is 0 Å². The summed E-state index contributed by atoms with van der Waals surface area (Å²) in [5.41, 5.74) is 0. The van der Waals surface area contributed by atoms with E-state index in [0.717, 1.165) is 13.2 Å². The van der Waals surface area contributed by atoms with E-state index in [4.69, 9.17) is 9.47 Å². The van der Waals surface area contributed by atoms with Crippen molar-refractivity contribution in [1.82, 2.24) is 5.32 Å². The van der Waals surface area contributed by atoms with Crippen LogP contribution in [-0.2, 0) is 9.47 Å². The lowest BCUT2D eigenvalue weighted by Gasteiger charge is -2.20. The Labute approximate surface area is 97.9 Å². The Bertz CT molecular complexity index is 228. The van der Waals surface area contributed by atoms with Gasteiger partial charge in [-0.05, 0) is 51.5 Å². The van der Waals surface area contributed by atoms with Crippen molar-refractivity contribution in [3.8, 4) is 0 Å². The van der Waals surface area contributed by atoms with Crippen molar-refractivity contribution in [2.75, 3.05) is 13.2 Å². The number of nitrogens with one attached hydrogen (secondary N) is 1. The van der Waals surface area contributed by atoms with Crippen molar-refractivity contribution in [2.24, 2.45) is 0 Å². The summed E-state index contributed by atoms with van der Waals surface area (Å²) in [6.07, 6.45) is 10.5. The minimum atomic E-state index is 0.521. The summed E-state index contributed by atoms with van der Waals surface area (Å²) in [6.45, 7) is 2.12. The van der Waals surface area contributed by atoms with Crippen molar-refractivity contribution >= 4 is 0 Å². The summed E-state index contributed by atoms with van der Waals surface area (Å²) in [5.74, 6) is 0. The lowest BCUT2D eigenvalue weighted by Crippen LogP contribution is -2.38. The van der Waals surface area contributed by atoms with Crippen molar-refractivity contribution in [2.45, 2.75) is 69.3 Å². The van der Waals surface area contributed by atoms with E-state index in [1.807, 2.05) is 0 Å². The van der Waals surface area contributed by atoms with E-state index in [1.54, 1.807) is 0 Å². The number of rotatable bonds is 5. The molecule has 0 saturated carbocycles. The monoisotopic (exact) mass is 225 g/mol. The van der Waals surface area contributed by atoms with E-state index < -0.39 is 0 Å². The lowest BCUT2D eigenvalue weighted by atomic mass is 9.95. The highest BCUT2D eigenvalue weighted by molar-refractivity contribution is 4.93. The highest BCUT2D eigenvalue weighted by Gasteiger charge is 2.40. The summed E-state index contributed by atoms with van der Waals surface area (Å²) in [7, 11) is 0. The molecule has 0 aromatic heterocycles. The number of hydrogen-bond donors (Lipinski definition) is 1. The predicted octanol–water partition coefficient (Wildman–Crippen LogP) is 1.86. The zero-order valence-electron chi connectivity index (χ0n) is 9.99. The van der Waals surface area contributed by atoms with Gasteiger partial charge in [0.15, 0.2) is 0 Å². The average molecular weight is 225 g/mol. The normalized spacial score (nSPS) is 42.0. The fourth-order valence-electron chi connectivity index (χ4n) is 3.34. The summed E-state index contributed by atoms with van der Waals surface area (Å²) in [6, 6.07) is 0.642. The first-order chi connectivity index (χ1) is 7.92. The van der Waals surface area contributed by atoms with Crippen LogP contribution in [0.5, 0.6) is 0 Å². The molecule has 3 nitrogen and oxygen atoms in total. The van der Waals surface area contributed by atoms with E-state index in [1.165, 1.54) is 44.9 Å². The molecule has 3 heterocycles. The molecule has 4 unspecified atom stereocenters. The van der Waals surface area contributed by atoms with Gasteiger partial charge < -0.3 is 14.8 Å². The van der Waals surface area contributed by atoms with Gasteiger partial charge in [-0.1, -0.05) is 0 Å². The van der Waals surface area contributed by atoms with Gasteiger partial charge in [0.05, 0.1) is 18.3 Å². The molecule has 3 aliphatic heterocycles. The first-order valence-electron chi connectivity index (χ1n) is 6.92. The fraction of sp³-hybridized carbons (Fsp3) is 1.00. The van der Waals surface area contributed by atoms with Crippen LogP contribution in [0.4, 0.5) is 0 Å². The fourth-order valence-corrected chi connectivity index (χ4v) is 3.34. The number of hydrogen-bond acceptors (Lipinski definition) is 3.